The molecular formula is C14H24O4. The SMILES string of the molecule is CC(=CC(CC(=O)O)C(=O)O)CC(C)CC(C)C. The third-order valence-corrected chi connectivity index (χ3v) is 2.74. The van der Waals surface area contributed by atoms with Crippen LogP contribution in [0.3, 0.4) is 0 Å². The minimum absolute atomic E-state index is 0.356. The van der Waals surface area contributed by atoms with Gasteiger partial charge >= 0.3 is 11.9 Å². The van der Waals surface area contributed by atoms with Gasteiger partial charge in [0.05, 0.1) is 12.3 Å². The Bertz CT molecular complexity index is 318. The summed E-state index contributed by atoms with van der Waals surface area (Å²) in [6, 6.07) is 0. The summed E-state index contributed by atoms with van der Waals surface area (Å²) >= 11 is 0. The molecule has 0 saturated carbocycles. The lowest BCUT2D eigenvalue weighted by Crippen LogP contribution is -2.16. The van der Waals surface area contributed by atoms with Gasteiger partial charge in [0.15, 0.2) is 0 Å². The van der Waals surface area contributed by atoms with Crippen molar-refractivity contribution >= 4 is 11.9 Å². The van der Waals surface area contributed by atoms with E-state index in [0.717, 1.165) is 18.4 Å². The van der Waals surface area contributed by atoms with E-state index in [1.165, 1.54) is 0 Å². The van der Waals surface area contributed by atoms with E-state index in [4.69, 9.17) is 10.2 Å². The molecule has 2 atom stereocenters. The summed E-state index contributed by atoms with van der Waals surface area (Å²) in [7, 11) is 0. The van der Waals surface area contributed by atoms with Gasteiger partial charge in [-0.3, -0.25) is 9.59 Å². The van der Waals surface area contributed by atoms with Gasteiger partial charge < -0.3 is 10.2 Å². The van der Waals surface area contributed by atoms with Gasteiger partial charge in [0.25, 0.3) is 0 Å². The highest BCUT2D eigenvalue weighted by Crippen LogP contribution is 2.20. The van der Waals surface area contributed by atoms with Crippen LogP contribution in [0.2, 0.25) is 0 Å². The van der Waals surface area contributed by atoms with Crippen molar-refractivity contribution in [2.45, 2.75) is 47.0 Å². The number of aliphatic carboxylic acids is 2. The predicted molar refractivity (Wildman–Crippen MR) is 70.4 cm³/mol. The summed E-state index contributed by atoms with van der Waals surface area (Å²) in [4.78, 5) is 21.5. The van der Waals surface area contributed by atoms with Gasteiger partial charge in [0.1, 0.15) is 0 Å². The van der Waals surface area contributed by atoms with Crippen molar-refractivity contribution in [1.29, 1.82) is 0 Å². The monoisotopic (exact) mass is 256 g/mol. The molecule has 2 N–H and O–H groups in total. The average molecular weight is 256 g/mol. The van der Waals surface area contributed by atoms with Crippen LogP contribution in [0.15, 0.2) is 11.6 Å². The number of rotatable bonds is 8. The molecule has 104 valence electrons. The Hall–Kier alpha value is -1.32. The molecule has 0 rings (SSSR count). The maximum absolute atomic E-state index is 10.9. The Kier molecular flexibility index (Phi) is 7.32. The van der Waals surface area contributed by atoms with Crippen molar-refractivity contribution in [3.05, 3.63) is 11.6 Å². The second kappa shape index (κ2) is 7.90. The van der Waals surface area contributed by atoms with E-state index in [1.807, 2.05) is 6.92 Å². The standard InChI is InChI=1S/C14H24O4/c1-9(2)5-10(3)6-11(4)7-12(14(17)18)8-13(15)16/h7,9-10,12H,5-6,8H2,1-4H3,(H,15,16)(H,17,18). The third-order valence-electron chi connectivity index (χ3n) is 2.74. The van der Waals surface area contributed by atoms with Gasteiger partial charge in [0, 0.05) is 0 Å². The van der Waals surface area contributed by atoms with Crippen molar-refractivity contribution in [2.75, 3.05) is 0 Å². The van der Waals surface area contributed by atoms with Gasteiger partial charge in [-0.1, -0.05) is 32.4 Å². The Morgan fingerprint density at radius 1 is 1.11 bits per heavy atom. The van der Waals surface area contributed by atoms with Crippen LogP contribution in [0, 0.1) is 17.8 Å². The highest BCUT2D eigenvalue weighted by atomic mass is 16.4. The first kappa shape index (κ1) is 16.7. The highest BCUT2D eigenvalue weighted by Gasteiger charge is 2.19. The predicted octanol–water partition coefficient (Wildman–Crippen LogP) is 3.18. The van der Waals surface area contributed by atoms with Crippen molar-refractivity contribution < 1.29 is 19.8 Å². The number of carbonyl (C=O) groups is 2. The molecule has 2 unspecified atom stereocenters. The molecule has 4 heteroatoms. The summed E-state index contributed by atoms with van der Waals surface area (Å²) < 4.78 is 0. The molecule has 4 nitrogen and oxygen atoms in total. The first-order valence-corrected chi connectivity index (χ1v) is 6.34. The molecule has 0 radical (unpaired) electrons. The second-order valence-corrected chi connectivity index (χ2v) is 5.49. The molecule has 0 spiro atoms. The molecule has 18 heavy (non-hydrogen) atoms. The largest absolute Gasteiger partial charge is 0.481 e. The quantitative estimate of drug-likeness (QED) is 0.654. The van der Waals surface area contributed by atoms with Crippen molar-refractivity contribution in [3.63, 3.8) is 0 Å². The van der Waals surface area contributed by atoms with Gasteiger partial charge in [-0.25, -0.2) is 0 Å². The number of allylic oxidation sites excluding steroid dienone is 1. The van der Waals surface area contributed by atoms with Crippen LogP contribution in [-0.2, 0) is 9.59 Å². The normalized spacial score (nSPS) is 15.5. The summed E-state index contributed by atoms with van der Waals surface area (Å²) in [6.07, 6.45) is 3.13. The highest BCUT2D eigenvalue weighted by molar-refractivity contribution is 5.79. The molecular weight excluding hydrogens is 232 g/mol. The molecule has 0 aliphatic heterocycles. The van der Waals surface area contributed by atoms with Crippen molar-refractivity contribution in [3.8, 4) is 0 Å². The van der Waals surface area contributed by atoms with Crippen LogP contribution < -0.4 is 0 Å². The number of carboxylic acid groups (broad SMARTS) is 2. The number of hydrogen-bond donors (Lipinski definition) is 2. The van der Waals surface area contributed by atoms with Crippen LogP contribution in [-0.4, -0.2) is 22.2 Å². The molecule has 0 aliphatic rings. The summed E-state index contributed by atoms with van der Waals surface area (Å²) in [5.74, 6) is -1.98. The molecule has 0 aromatic carbocycles. The molecule has 0 aromatic rings. The first-order chi connectivity index (χ1) is 8.22. The molecule has 0 saturated heterocycles. The van der Waals surface area contributed by atoms with Crippen LogP contribution in [0.25, 0.3) is 0 Å². The van der Waals surface area contributed by atoms with Crippen molar-refractivity contribution in [2.24, 2.45) is 17.8 Å². The van der Waals surface area contributed by atoms with Crippen LogP contribution in [0.1, 0.15) is 47.0 Å². The van der Waals surface area contributed by atoms with Crippen molar-refractivity contribution in [1.82, 2.24) is 0 Å². The molecule has 0 amide bonds. The van der Waals surface area contributed by atoms with Crippen LogP contribution in [0.4, 0.5) is 0 Å². The van der Waals surface area contributed by atoms with Gasteiger partial charge in [-0.05, 0) is 31.6 Å². The van der Waals surface area contributed by atoms with Crippen LogP contribution in [0.5, 0.6) is 0 Å². The zero-order chi connectivity index (χ0) is 14.3. The average Bonchev–Trinajstić information content (AvgIpc) is 2.13. The smallest absolute Gasteiger partial charge is 0.310 e. The molecule has 0 fully saturated rings. The van der Waals surface area contributed by atoms with Gasteiger partial charge in [-0.2, -0.15) is 0 Å². The number of hydrogen-bond acceptors (Lipinski definition) is 2. The maximum atomic E-state index is 10.9. The fourth-order valence-corrected chi connectivity index (χ4v) is 2.25. The van der Waals surface area contributed by atoms with E-state index in [1.54, 1.807) is 6.08 Å². The third kappa shape index (κ3) is 7.87. The van der Waals surface area contributed by atoms with E-state index in [-0.39, 0.29) is 6.42 Å². The van der Waals surface area contributed by atoms with Crippen LogP contribution >= 0.6 is 0 Å². The maximum Gasteiger partial charge on any atom is 0.310 e. The lowest BCUT2D eigenvalue weighted by Gasteiger charge is -2.15. The summed E-state index contributed by atoms with van der Waals surface area (Å²) in [5.41, 5.74) is 0.955. The van der Waals surface area contributed by atoms with E-state index >= 15 is 0 Å². The van der Waals surface area contributed by atoms with Gasteiger partial charge in [-0.15, -0.1) is 0 Å². The zero-order valence-electron chi connectivity index (χ0n) is 11.6. The molecule has 0 aliphatic carbocycles. The van der Waals surface area contributed by atoms with E-state index in [0.29, 0.717) is 11.8 Å². The molecule has 0 heterocycles. The minimum Gasteiger partial charge on any atom is -0.481 e. The number of carboxylic acids is 2. The van der Waals surface area contributed by atoms with E-state index < -0.39 is 17.9 Å². The lowest BCUT2D eigenvalue weighted by molar-refractivity contribution is -0.146. The summed E-state index contributed by atoms with van der Waals surface area (Å²) in [6.45, 7) is 8.30. The fourth-order valence-electron chi connectivity index (χ4n) is 2.25. The Morgan fingerprint density at radius 2 is 1.67 bits per heavy atom. The fraction of sp³-hybridized carbons (Fsp3) is 0.714. The Balaban J connectivity index is 4.51. The lowest BCUT2D eigenvalue weighted by atomic mass is 9.91. The topological polar surface area (TPSA) is 74.6 Å². The Labute approximate surface area is 109 Å². The summed E-state index contributed by atoms with van der Waals surface area (Å²) in [5, 5.41) is 17.6. The zero-order valence-corrected chi connectivity index (χ0v) is 11.6. The molecule has 0 bridgehead atoms. The van der Waals surface area contributed by atoms with Gasteiger partial charge in [0.2, 0.25) is 0 Å². The van der Waals surface area contributed by atoms with E-state index in [2.05, 4.69) is 20.8 Å². The molecule has 0 aromatic heterocycles. The minimum atomic E-state index is -1.08. The van der Waals surface area contributed by atoms with E-state index in [9.17, 15) is 9.59 Å². The Morgan fingerprint density at radius 3 is 2.06 bits per heavy atom. The second-order valence-electron chi connectivity index (χ2n) is 5.49. The first-order valence-electron chi connectivity index (χ1n) is 6.34.